The van der Waals surface area contributed by atoms with Gasteiger partial charge >= 0.3 is 0 Å². The van der Waals surface area contributed by atoms with E-state index in [1.54, 1.807) is 19.1 Å². The number of aromatic nitrogens is 2. The van der Waals surface area contributed by atoms with Crippen LogP contribution in [0, 0.1) is 35.5 Å². The van der Waals surface area contributed by atoms with Gasteiger partial charge in [-0.1, -0.05) is 46.2 Å². The molecule has 70 heavy (non-hydrogen) atoms. The predicted molar refractivity (Wildman–Crippen MR) is 252 cm³/mol. The summed E-state index contributed by atoms with van der Waals surface area (Å²) in [5.41, 5.74) is 11.9. The molecule has 0 saturated carbocycles. The number of primary amides is 2. The van der Waals surface area contributed by atoms with E-state index in [9.17, 15) is 57.8 Å². The van der Waals surface area contributed by atoms with Gasteiger partial charge in [-0.3, -0.25) is 52.7 Å². The maximum Gasteiger partial charge on any atom is 0.236 e. The minimum absolute atomic E-state index is 0.0155. The molecule has 21 heteroatoms. The monoisotopic (exact) mass is 976 g/mol. The molecule has 2 fully saturated rings. The molecule has 382 valence electrons. The van der Waals surface area contributed by atoms with Crippen LogP contribution < -0.4 is 32.7 Å². The topological polar surface area (TPSA) is 340 Å². The van der Waals surface area contributed by atoms with E-state index in [1.807, 2.05) is 20.8 Å². The van der Waals surface area contributed by atoms with Crippen LogP contribution in [0.2, 0.25) is 0 Å². The maximum atomic E-state index is 14.6. The number of nitrogens with zero attached hydrogens (tertiary/aromatic N) is 2. The van der Waals surface area contributed by atoms with Crippen LogP contribution in [0.1, 0.15) is 110 Å². The zero-order chi connectivity index (χ0) is 51.7. The zero-order valence-corrected chi connectivity index (χ0v) is 40.5. The van der Waals surface area contributed by atoms with Crippen LogP contribution in [0.5, 0.6) is 5.75 Å². The molecule has 7 amide bonds. The van der Waals surface area contributed by atoms with Crippen LogP contribution in [-0.2, 0) is 65.6 Å². The molecule has 2 aliphatic rings. The van der Waals surface area contributed by atoms with Gasteiger partial charge in [-0.15, -0.1) is 0 Å². The third kappa shape index (κ3) is 17.3. The van der Waals surface area contributed by atoms with Gasteiger partial charge in [-0.05, 0) is 61.6 Å². The summed E-state index contributed by atoms with van der Waals surface area (Å²) in [6, 6.07) is 2.32. The third-order valence-corrected chi connectivity index (χ3v) is 13.0. The van der Waals surface area contributed by atoms with Crippen LogP contribution in [0.3, 0.4) is 0 Å². The van der Waals surface area contributed by atoms with Crippen molar-refractivity contribution in [3.8, 4) is 5.75 Å². The van der Waals surface area contributed by atoms with Crippen molar-refractivity contribution in [2.75, 3.05) is 19.6 Å². The third-order valence-electron chi connectivity index (χ3n) is 13.0. The van der Waals surface area contributed by atoms with Gasteiger partial charge in [0.2, 0.25) is 41.4 Å². The Hall–Kier alpha value is -6.80. The minimum Gasteiger partial charge on any atom is -0.508 e. The fourth-order valence-corrected chi connectivity index (χ4v) is 9.03. The van der Waals surface area contributed by atoms with Gasteiger partial charge in [0.1, 0.15) is 5.75 Å². The first-order chi connectivity index (χ1) is 33.1. The Morgan fingerprint density at radius 2 is 1.56 bits per heavy atom. The number of hydrogen-bond donors (Lipinski definition) is 8. The fraction of sp³-hybridized carbons (Fsp3) is 0.592. The number of hydrogen-bond acceptors (Lipinski definition) is 13. The normalized spacial score (nSPS) is 23.4. The second kappa shape index (κ2) is 26.8. The number of benzene rings is 1. The van der Waals surface area contributed by atoms with Crippen molar-refractivity contribution in [2.45, 2.75) is 129 Å². The first-order valence-electron chi connectivity index (χ1n) is 24.0. The fourth-order valence-electron chi connectivity index (χ4n) is 9.03. The van der Waals surface area contributed by atoms with Gasteiger partial charge in [0.05, 0.1) is 49.9 Å². The molecule has 0 radical (unpaired) electrons. The standard InChI is InChI=1S/C49H69N9O12/c1-5-28(4)45-41(63)21-33(17-34-23-52-26-55-34)47(68)56-37(22-42(50)64)39(61)19-30(10-13-44(66)53-24-36(60)18-32(48(69)57-45)16-29-8-11-35(59)12-9-29)49(70)58-14-6-7-38(58)40(62)20-31(15-27(2)3)46(67)54-25-43(51)65/h8-9,11-12,23,26-28,30-33,37-38,45,59H,5-7,10,13-22,24-25H2,1-4H3,(H2,50,64)(H2,51,65)(H,52,55)(H,53,66)(H,54,67)(H,56,68)(H,57,69)/t28-,30+,31+,32+,33+,37-,38-,45-/m0/s1. The quantitative estimate of drug-likeness (QED) is 0.108. The number of amides is 7. The Bertz CT molecular complexity index is 2210. The number of carbonyl (C=O) groups excluding carboxylic acids is 11. The highest BCUT2D eigenvalue weighted by Crippen LogP contribution is 2.29. The molecule has 3 heterocycles. The molecule has 0 aliphatic carbocycles. The smallest absolute Gasteiger partial charge is 0.236 e. The number of likely N-dealkylation sites (tertiary alicyclic amines) is 1. The largest absolute Gasteiger partial charge is 0.508 e. The van der Waals surface area contributed by atoms with Gasteiger partial charge in [0.15, 0.2) is 23.1 Å². The van der Waals surface area contributed by atoms with Crippen molar-refractivity contribution < 1.29 is 57.8 Å². The molecular weight excluding hydrogens is 907 g/mol. The van der Waals surface area contributed by atoms with E-state index in [0.29, 0.717) is 30.5 Å². The van der Waals surface area contributed by atoms with Gasteiger partial charge in [-0.2, -0.15) is 0 Å². The number of imidazole rings is 1. The van der Waals surface area contributed by atoms with Crippen molar-refractivity contribution in [3.63, 3.8) is 0 Å². The molecule has 21 nitrogen and oxygen atoms in total. The molecule has 1 aromatic heterocycles. The lowest BCUT2D eigenvalue weighted by Gasteiger charge is -2.30. The Kier molecular flexibility index (Phi) is 21.4. The number of aromatic hydroxyl groups is 1. The van der Waals surface area contributed by atoms with Crippen LogP contribution in [0.25, 0.3) is 0 Å². The molecule has 4 rings (SSSR count). The van der Waals surface area contributed by atoms with Crippen molar-refractivity contribution >= 4 is 64.5 Å². The summed E-state index contributed by atoms with van der Waals surface area (Å²) in [5.74, 6) is -12.2. The number of Topliss-reactive ketones (excluding diaryl/α,β-unsaturated/α-hetero) is 4. The number of nitrogens with one attached hydrogen (secondary N) is 5. The van der Waals surface area contributed by atoms with Crippen LogP contribution in [0.15, 0.2) is 36.8 Å². The highest BCUT2D eigenvalue weighted by Gasteiger charge is 2.41. The summed E-state index contributed by atoms with van der Waals surface area (Å²) >= 11 is 0. The average molecular weight is 976 g/mol. The van der Waals surface area contributed by atoms with Gasteiger partial charge in [0, 0.05) is 74.7 Å². The number of H-pyrrole nitrogens is 1. The Balaban J connectivity index is 1.71. The van der Waals surface area contributed by atoms with Gasteiger partial charge < -0.3 is 47.7 Å². The van der Waals surface area contributed by atoms with Crippen molar-refractivity contribution in [1.29, 1.82) is 0 Å². The maximum absolute atomic E-state index is 14.6. The molecule has 0 spiro atoms. The lowest BCUT2D eigenvalue weighted by Crippen LogP contribution is -2.51. The SMILES string of the molecule is CC[C@H](C)[C@@H]1NC(=O)[C@H](Cc2ccc(O)cc2)CC(=O)CNC(=O)CC[C@@H](C(=O)N2CCC[C@H]2C(=O)C[C@@H](CC(C)C)C(=O)NCC(N)=O)CC(=O)[C@H](CC(N)=O)NC(=O)[C@H](Cc2cnc[nH]2)CC1=O. The number of nitrogens with two attached hydrogens (primary N) is 2. The number of carbonyl (C=O) groups is 11. The van der Waals surface area contributed by atoms with E-state index in [1.165, 1.54) is 29.6 Å². The first-order valence-corrected chi connectivity index (χ1v) is 24.0. The summed E-state index contributed by atoms with van der Waals surface area (Å²) in [6.45, 7) is 6.46. The summed E-state index contributed by atoms with van der Waals surface area (Å²) in [4.78, 5) is 158. The molecule has 1 aromatic carbocycles. The predicted octanol–water partition coefficient (Wildman–Crippen LogP) is 0.642. The van der Waals surface area contributed by atoms with Crippen molar-refractivity contribution in [3.05, 3.63) is 48.0 Å². The average Bonchev–Trinajstić information content (AvgIpc) is 4.02. The van der Waals surface area contributed by atoms with Crippen LogP contribution in [-0.4, -0.2) is 122 Å². The second-order valence-corrected chi connectivity index (χ2v) is 19.1. The molecule has 10 N–H and O–H groups in total. The molecular formula is C49H69N9O12. The Morgan fingerprint density at radius 1 is 0.871 bits per heavy atom. The number of ketones is 4. The highest BCUT2D eigenvalue weighted by atomic mass is 16.3. The first kappa shape index (κ1) is 55.8. The summed E-state index contributed by atoms with van der Waals surface area (Å²) in [7, 11) is 0. The molecule has 0 unspecified atom stereocenters. The van der Waals surface area contributed by atoms with Crippen molar-refractivity contribution in [1.82, 2.24) is 36.1 Å². The summed E-state index contributed by atoms with van der Waals surface area (Å²) in [5, 5.41) is 20.3. The second-order valence-electron chi connectivity index (χ2n) is 19.1. The van der Waals surface area contributed by atoms with Gasteiger partial charge in [-0.25, -0.2) is 4.98 Å². The molecule has 0 bridgehead atoms. The zero-order valence-electron chi connectivity index (χ0n) is 40.5. The lowest BCUT2D eigenvalue weighted by molar-refractivity contribution is -0.144. The van der Waals surface area contributed by atoms with Crippen LogP contribution in [0.4, 0.5) is 0 Å². The number of phenols is 1. The molecule has 2 saturated heterocycles. The molecule has 8 atom stereocenters. The lowest BCUT2D eigenvalue weighted by atomic mass is 9.86. The van der Waals surface area contributed by atoms with E-state index < -0.39 is 145 Å². The van der Waals surface area contributed by atoms with E-state index in [-0.39, 0.29) is 63.2 Å². The Labute approximate surface area is 407 Å². The number of aromatic amines is 1. The van der Waals surface area contributed by atoms with E-state index >= 15 is 0 Å². The minimum atomic E-state index is -1.59. The van der Waals surface area contributed by atoms with Gasteiger partial charge in [0.25, 0.3) is 0 Å². The van der Waals surface area contributed by atoms with E-state index in [4.69, 9.17) is 11.5 Å². The molecule has 2 aliphatic heterocycles. The highest BCUT2D eigenvalue weighted by molar-refractivity contribution is 5.99. The number of rotatable bonds is 17. The van der Waals surface area contributed by atoms with Crippen LogP contribution >= 0.6 is 0 Å². The summed E-state index contributed by atoms with van der Waals surface area (Å²) < 4.78 is 0. The summed E-state index contributed by atoms with van der Waals surface area (Å²) in [6.07, 6.45) is 1.11. The van der Waals surface area contributed by atoms with Crippen molar-refractivity contribution in [2.24, 2.45) is 47.0 Å². The van der Waals surface area contributed by atoms with E-state index in [0.717, 1.165) is 0 Å². The molecule has 2 aromatic rings. The Morgan fingerprint density at radius 3 is 2.19 bits per heavy atom. The van der Waals surface area contributed by atoms with E-state index in [2.05, 4.69) is 31.2 Å². The number of phenolic OH excluding ortho intramolecular Hbond substituents is 1.